The molecule has 0 radical (unpaired) electrons. The number of ether oxygens (including phenoxy) is 2. The molecule has 108 valence electrons. The van der Waals surface area contributed by atoms with E-state index >= 15 is 0 Å². The Hall–Kier alpha value is -1.23. The van der Waals surface area contributed by atoms with E-state index in [1.807, 2.05) is 24.4 Å². The van der Waals surface area contributed by atoms with Gasteiger partial charge in [-0.1, -0.05) is 12.1 Å². The molecular formula is C16H22N2O2. The van der Waals surface area contributed by atoms with Crippen molar-refractivity contribution in [2.45, 2.75) is 37.6 Å². The predicted molar refractivity (Wildman–Crippen MR) is 77.3 cm³/mol. The van der Waals surface area contributed by atoms with Crippen LogP contribution in [0.1, 0.15) is 18.5 Å². The minimum Gasteiger partial charge on any atom is -0.374 e. The first-order valence-electron chi connectivity index (χ1n) is 7.36. The third-order valence-electron chi connectivity index (χ3n) is 4.17. The number of rotatable bonds is 5. The summed E-state index contributed by atoms with van der Waals surface area (Å²) < 4.78 is 11.9. The molecule has 1 saturated carbocycles. The molecule has 0 N–H and O–H groups in total. The second kappa shape index (κ2) is 6.48. The lowest BCUT2D eigenvalue weighted by molar-refractivity contribution is -0.0447. The molecule has 4 nitrogen and oxygen atoms in total. The minimum absolute atomic E-state index is 0.166. The SMILES string of the molecule is C=CCOC1C2CCC1N(Cc1ccccn1)CCO2. The van der Waals surface area contributed by atoms with Gasteiger partial charge in [0.25, 0.3) is 0 Å². The molecule has 3 rings (SSSR count). The normalized spacial score (nSPS) is 30.1. The van der Waals surface area contributed by atoms with Crippen LogP contribution < -0.4 is 0 Å². The highest BCUT2D eigenvalue weighted by atomic mass is 16.5. The van der Waals surface area contributed by atoms with Gasteiger partial charge < -0.3 is 9.47 Å². The molecule has 3 unspecified atom stereocenters. The highest BCUT2D eigenvalue weighted by Gasteiger charge is 2.42. The Balaban J connectivity index is 1.71. The van der Waals surface area contributed by atoms with Crippen LogP contribution in [0, 0.1) is 0 Å². The average Bonchev–Trinajstić information content (AvgIpc) is 2.79. The van der Waals surface area contributed by atoms with Gasteiger partial charge in [0.2, 0.25) is 0 Å². The molecular weight excluding hydrogens is 252 g/mol. The van der Waals surface area contributed by atoms with E-state index in [0.717, 1.165) is 38.2 Å². The van der Waals surface area contributed by atoms with E-state index in [9.17, 15) is 0 Å². The van der Waals surface area contributed by atoms with E-state index in [4.69, 9.17) is 9.47 Å². The van der Waals surface area contributed by atoms with Crippen molar-refractivity contribution in [3.8, 4) is 0 Å². The molecule has 2 heterocycles. The first kappa shape index (κ1) is 13.7. The Bertz CT molecular complexity index is 437. The third-order valence-corrected chi connectivity index (χ3v) is 4.17. The van der Waals surface area contributed by atoms with Gasteiger partial charge in [0.15, 0.2) is 0 Å². The molecule has 20 heavy (non-hydrogen) atoms. The van der Waals surface area contributed by atoms with Gasteiger partial charge in [-0.25, -0.2) is 0 Å². The van der Waals surface area contributed by atoms with E-state index in [0.29, 0.717) is 12.6 Å². The van der Waals surface area contributed by atoms with Crippen molar-refractivity contribution in [1.82, 2.24) is 9.88 Å². The summed E-state index contributed by atoms with van der Waals surface area (Å²) in [6.07, 6.45) is 6.30. The van der Waals surface area contributed by atoms with Crippen LogP contribution in [0.2, 0.25) is 0 Å². The maximum Gasteiger partial charge on any atom is 0.0995 e. The molecule has 1 aliphatic heterocycles. The second-order valence-electron chi connectivity index (χ2n) is 5.43. The van der Waals surface area contributed by atoms with Crippen molar-refractivity contribution in [2.75, 3.05) is 19.8 Å². The van der Waals surface area contributed by atoms with Crippen molar-refractivity contribution in [1.29, 1.82) is 0 Å². The number of nitrogens with zero attached hydrogens (tertiary/aromatic N) is 2. The van der Waals surface area contributed by atoms with Crippen LogP contribution in [0.15, 0.2) is 37.1 Å². The van der Waals surface area contributed by atoms with E-state index in [1.54, 1.807) is 0 Å². The summed E-state index contributed by atoms with van der Waals surface area (Å²) in [4.78, 5) is 6.89. The Kier molecular flexibility index (Phi) is 4.45. The van der Waals surface area contributed by atoms with Gasteiger partial charge in [-0.2, -0.15) is 0 Å². The standard InChI is InChI=1S/C16H22N2O2/c1-2-10-20-16-14-6-7-15(16)19-11-9-18(14)12-13-5-3-4-8-17-13/h2-5,8,14-16H,1,6-7,9-12H2. The zero-order valence-electron chi connectivity index (χ0n) is 11.8. The molecule has 4 heteroatoms. The van der Waals surface area contributed by atoms with Crippen LogP contribution in [-0.2, 0) is 16.0 Å². The van der Waals surface area contributed by atoms with E-state index in [-0.39, 0.29) is 12.2 Å². The molecule has 1 aromatic rings. The van der Waals surface area contributed by atoms with Gasteiger partial charge in [-0.05, 0) is 25.0 Å². The number of aromatic nitrogens is 1. The summed E-state index contributed by atoms with van der Waals surface area (Å²) in [6, 6.07) is 6.51. The zero-order valence-corrected chi connectivity index (χ0v) is 11.8. The smallest absolute Gasteiger partial charge is 0.0995 e. The monoisotopic (exact) mass is 274 g/mol. The molecule has 3 atom stereocenters. The second-order valence-corrected chi connectivity index (χ2v) is 5.43. The van der Waals surface area contributed by atoms with Crippen LogP contribution in [0.4, 0.5) is 0 Å². The molecule has 0 amide bonds. The van der Waals surface area contributed by atoms with Crippen molar-refractivity contribution in [3.05, 3.63) is 42.7 Å². The van der Waals surface area contributed by atoms with Crippen LogP contribution in [0.25, 0.3) is 0 Å². The fraction of sp³-hybridized carbons (Fsp3) is 0.562. The zero-order chi connectivity index (χ0) is 13.8. The summed E-state index contributed by atoms with van der Waals surface area (Å²) in [5.74, 6) is 0. The third kappa shape index (κ3) is 2.92. The lowest BCUT2D eigenvalue weighted by Crippen LogP contribution is -2.43. The Morgan fingerprint density at radius 2 is 2.40 bits per heavy atom. The lowest BCUT2D eigenvalue weighted by atomic mass is 10.1. The van der Waals surface area contributed by atoms with E-state index in [2.05, 4.69) is 22.5 Å². The Labute approximate surface area is 120 Å². The van der Waals surface area contributed by atoms with Gasteiger partial charge in [0, 0.05) is 25.3 Å². The summed E-state index contributed by atoms with van der Waals surface area (Å²) in [5, 5.41) is 0. The topological polar surface area (TPSA) is 34.6 Å². The molecule has 2 fully saturated rings. The van der Waals surface area contributed by atoms with Gasteiger partial charge in [0.05, 0.1) is 31.1 Å². The summed E-state index contributed by atoms with van der Waals surface area (Å²) in [6.45, 7) is 6.93. The summed E-state index contributed by atoms with van der Waals surface area (Å²) >= 11 is 0. The van der Waals surface area contributed by atoms with Crippen molar-refractivity contribution < 1.29 is 9.47 Å². The number of pyridine rings is 1. The highest BCUT2D eigenvalue weighted by molar-refractivity contribution is 5.05. The highest BCUT2D eigenvalue weighted by Crippen LogP contribution is 2.32. The fourth-order valence-corrected chi connectivity index (χ4v) is 3.26. The average molecular weight is 274 g/mol. The molecule has 0 spiro atoms. The van der Waals surface area contributed by atoms with Crippen LogP contribution in [0.3, 0.4) is 0 Å². The quantitative estimate of drug-likeness (QED) is 0.769. The van der Waals surface area contributed by atoms with Gasteiger partial charge in [0.1, 0.15) is 0 Å². The predicted octanol–water partition coefficient (Wildman–Crippen LogP) is 2.02. The minimum atomic E-state index is 0.166. The number of hydrogen-bond donors (Lipinski definition) is 0. The maximum absolute atomic E-state index is 5.96. The number of hydrogen-bond acceptors (Lipinski definition) is 4. The molecule has 2 aliphatic rings. The van der Waals surface area contributed by atoms with Crippen LogP contribution in [-0.4, -0.2) is 47.9 Å². The largest absolute Gasteiger partial charge is 0.374 e. The van der Waals surface area contributed by atoms with Gasteiger partial charge in [-0.3, -0.25) is 9.88 Å². The number of fused-ring (bicyclic) bond motifs is 2. The first-order valence-corrected chi connectivity index (χ1v) is 7.36. The molecule has 1 aromatic heterocycles. The van der Waals surface area contributed by atoms with Crippen molar-refractivity contribution >= 4 is 0 Å². The van der Waals surface area contributed by atoms with E-state index in [1.165, 1.54) is 0 Å². The lowest BCUT2D eigenvalue weighted by Gasteiger charge is -2.30. The molecule has 1 aliphatic carbocycles. The van der Waals surface area contributed by atoms with Crippen LogP contribution in [0.5, 0.6) is 0 Å². The van der Waals surface area contributed by atoms with E-state index < -0.39 is 0 Å². The summed E-state index contributed by atoms with van der Waals surface area (Å²) in [5.41, 5.74) is 1.11. The molecule has 1 saturated heterocycles. The van der Waals surface area contributed by atoms with Gasteiger partial charge in [-0.15, -0.1) is 6.58 Å². The van der Waals surface area contributed by atoms with Crippen LogP contribution >= 0.6 is 0 Å². The molecule has 0 aromatic carbocycles. The Morgan fingerprint density at radius 3 is 3.20 bits per heavy atom. The van der Waals surface area contributed by atoms with Crippen molar-refractivity contribution in [2.24, 2.45) is 0 Å². The Morgan fingerprint density at radius 1 is 1.45 bits per heavy atom. The van der Waals surface area contributed by atoms with Crippen molar-refractivity contribution in [3.63, 3.8) is 0 Å². The summed E-state index contributed by atoms with van der Waals surface area (Å²) in [7, 11) is 0. The fourth-order valence-electron chi connectivity index (χ4n) is 3.26. The first-order chi connectivity index (χ1) is 9.88. The molecule has 2 bridgehead atoms. The van der Waals surface area contributed by atoms with Gasteiger partial charge >= 0.3 is 0 Å². The maximum atomic E-state index is 5.96.